The number of aromatic nitrogens is 4. The van der Waals surface area contributed by atoms with Crippen LogP contribution in [0.5, 0.6) is 0 Å². The van der Waals surface area contributed by atoms with E-state index in [1.54, 1.807) is 18.2 Å². The fourth-order valence-corrected chi connectivity index (χ4v) is 6.15. The van der Waals surface area contributed by atoms with Gasteiger partial charge in [0.05, 0.1) is 15.9 Å². The van der Waals surface area contributed by atoms with E-state index in [4.69, 9.17) is 4.42 Å². The second kappa shape index (κ2) is 11.1. The van der Waals surface area contributed by atoms with Crippen molar-refractivity contribution in [3.05, 3.63) is 54.2 Å². The first-order valence-corrected chi connectivity index (χ1v) is 15.0. The summed E-state index contributed by atoms with van der Waals surface area (Å²) in [6.45, 7) is 7.84. The smallest absolute Gasteiger partial charge is 0.240 e. The van der Waals surface area contributed by atoms with Crippen molar-refractivity contribution >= 4 is 26.7 Å². The molecule has 2 aromatic heterocycles. The van der Waals surface area contributed by atoms with Gasteiger partial charge in [-0.2, -0.15) is 0 Å². The Bertz CT molecular complexity index is 1510. The first kappa shape index (κ1) is 27.3. The Morgan fingerprint density at radius 1 is 1.00 bits per heavy atom. The van der Waals surface area contributed by atoms with Crippen molar-refractivity contribution in [2.75, 3.05) is 25.5 Å². The third kappa shape index (κ3) is 6.32. The molecule has 10 nitrogen and oxygen atoms in total. The summed E-state index contributed by atoms with van der Waals surface area (Å²) in [5.41, 5.74) is 3.17. The Labute approximate surface area is 229 Å². The number of likely N-dealkylation sites (N-methyl/N-ethyl adjacent to an activating group) is 1. The lowest BCUT2D eigenvalue weighted by Crippen LogP contribution is -2.37. The van der Waals surface area contributed by atoms with Gasteiger partial charge in [0.15, 0.2) is 0 Å². The van der Waals surface area contributed by atoms with Crippen molar-refractivity contribution in [2.45, 2.75) is 68.7 Å². The van der Waals surface area contributed by atoms with Gasteiger partial charge in [-0.25, -0.2) is 18.1 Å². The largest absolute Gasteiger partial charge is 0.424 e. The van der Waals surface area contributed by atoms with Crippen LogP contribution in [-0.2, 0) is 15.4 Å². The molecule has 1 aliphatic carbocycles. The maximum absolute atomic E-state index is 13.2. The molecule has 1 saturated carbocycles. The molecule has 0 atom stereocenters. The molecular formula is C28H37N7O3S. The molecule has 2 heterocycles. The number of nitrogens with zero attached hydrogens (tertiary/aromatic N) is 3. The molecule has 0 saturated heterocycles. The fraction of sp³-hybridized carbons (Fsp3) is 0.464. The summed E-state index contributed by atoms with van der Waals surface area (Å²) in [7, 11) is -1.76. The lowest BCUT2D eigenvalue weighted by molar-refractivity contribution is 0.304. The lowest BCUT2D eigenvalue weighted by Gasteiger charge is -2.27. The van der Waals surface area contributed by atoms with Crippen LogP contribution in [0.1, 0.15) is 64.2 Å². The van der Waals surface area contributed by atoms with Crippen LogP contribution in [0.2, 0.25) is 0 Å². The first-order valence-electron chi connectivity index (χ1n) is 13.5. The highest BCUT2D eigenvalue weighted by Crippen LogP contribution is 2.34. The molecule has 1 aliphatic rings. The van der Waals surface area contributed by atoms with Crippen molar-refractivity contribution in [3.63, 3.8) is 0 Å². The molecule has 0 bridgehead atoms. The standard InChI is InChI=1S/C28H37N7O3S/c1-28(2,3)27-34-33-26(38-27)19-7-11-21(12-8-19)35-39(36,37)22-13-14-23-24(17-22)32-25(31-23)18-5-9-20(10-6-18)30-16-15-29-4/h5-6,9-10,13-14,17,19,21,29-30,35H,7-8,11-12,15-16H2,1-4H3,(H,31,32). The molecule has 4 aromatic rings. The van der Waals surface area contributed by atoms with Gasteiger partial charge in [0.25, 0.3) is 0 Å². The molecule has 1 fully saturated rings. The normalized spacial score (nSPS) is 18.5. The minimum atomic E-state index is -3.68. The van der Waals surface area contributed by atoms with Gasteiger partial charge in [0.2, 0.25) is 21.8 Å². The Balaban J connectivity index is 1.23. The maximum atomic E-state index is 13.2. The summed E-state index contributed by atoms with van der Waals surface area (Å²) in [6, 6.07) is 12.9. The number of anilines is 1. The summed E-state index contributed by atoms with van der Waals surface area (Å²) in [5, 5.41) is 14.9. The van der Waals surface area contributed by atoms with Crippen LogP contribution in [-0.4, -0.2) is 54.8 Å². The molecule has 0 spiro atoms. The number of fused-ring (bicyclic) bond motifs is 1. The second-order valence-corrected chi connectivity index (χ2v) is 13.0. The average molecular weight is 552 g/mol. The zero-order valence-corrected chi connectivity index (χ0v) is 23.7. The Kier molecular flexibility index (Phi) is 7.75. The van der Waals surface area contributed by atoms with Crippen molar-refractivity contribution < 1.29 is 12.8 Å². The molecule has 0 unspecified atom stereocenters. The van der Waals surface area contributed by atoms with E-state index in [-0.39, 0.29) is 22.3 Å². The highest BCUT2D eigenvalue weighted by molar-refractivity contribution is 7.89. The van der Waals surface area contributed by atoms with Crippen molar-refractivity contribution in [3.8, 4) is 11.4 Å². The monoisotopic (exact) mass is 551 g/mol. The predicted molar refractivity (Wildman–Crippen MR) is 152 cm³/mol. The molecule has 5 rings (SSSR count). The minimum absolute atomic E-state index is 0.135. The Morgan fingerprint density at radius 2 is 1.74 bits per heavy atom. The molecule has 0 radical (unpaired) electrons. The van der Waals surface area contributed by atoms with Gasteiger partial charge in [-0.3, -0.25) is 0 Å². The lowest BCUT2D eigenvalue weighted by atomic mass is 9.86. The highest BCUT2D eigenvalue weighted by Gasteiger charge is 2.31. The van der Waals surface area contributed by atoms with E-state index in [9.17, 15) is 8.42 Å². The quantitative estimate of drug-likeness (QED) is 0.222. The van der Waals surface area contributed by atoms with Gasteiger partial charge in [0, 0.05) is 41.7 Å². The molecule has 0 aliphatic heterocycles. The van der Waals surface area contributed by atoms with Gasteiger partial charge in [-0.15, -0.1) is 10.2 Å². The van der Waals surface area contributed by atoms with E-state index in [1.807, 2.05) is 52.1 Å². The Morgan fingerprint density at radius 3 is 2.41 bits per heavy atom. The fourth-order valence-electron chi connectivity index (χ4n) is 4.82. The number of hydrogen-bond acceptors (Lipinski definition) is 8. The van der Waals surface area contributed by atoms with Crippen LogP contribution in [0.3, 0.4) is 0 Å². The van der Waals surface area contributed by atoms with Gasteiger partial charge in [-0.1, -0.05) is 20.8 Å². The average Bonchev–Trinajstić information content (AvgIpc) is 3.57. The van der Waals surface area contributed by atoms with Gasteiger partial charge in [-0.05, 0) is 75.2 Å². The van der Waals surface area contributed by atoms with Crippen LogP contribution < -0.4 is 15.4 Å². The van der Waals surface area contributed by atoms with Crippen molar-refractivity contribution in [1.82, 2.24) is 30.2 Å². The molecular weight excluding hydrogens is 514 g/mol. The summed E-state index contributed by atoms with van der Waals surface area (Å²) in [5.74, 6) is 2.14. The molecule has 39 heavy (non-hydrogen) atoms. The van der Waals surface area contributed by atoms with E-state index in [1.165, 1.54) is 0 Å². The third-order valence-corrected chi connectivity index (χ3v) is 8.62. The minimum Gasteiger partial charge on any atom is -0.424 e. The number of rotatable bonds is 9. The molecule has 2 aromatic carbocycles. The summed E-state index contributed by atoms with van der Waals surface area (Å²) in [6.07, 6.45) is 3.03. The number of H-pyrrole nitrogens is 1. The Hall–Kier alpha value is -3.28. The number of nitrogens with one attached hydrogen (secondary N) is 4. The molecule has 208 valence electrons. The molecule has 4 N–H and O–H groups in total. The van der Waals surface area contributed by atoms with E-state index >= 15 is 0 Å². The second-order valence-electron chi connectivity index (χ2n) is 11.2. The maximum Gasteiger partial charge on any atom is 0.240 e. The van der Waals surface area contributed by atoms with Crippen LogP contribution in [0, 0.1) is 0 Å². The summed E-state index contributed by atoms with van der Waals surface area (Å²) >= 11 is 0. The number of hydrogen-bond donors (Lipinski definition) is 4. The number of aromatic amines is 1. The van der Waals surface area contributed by atoms with E-state index in [0.717, 1.165) is 42.7 Å². The van der Waals surface area contributed by atoms with Gasteiger partial charge < -0.3 is 20.0 Å². The number of benzene rings is 2. The van der Waals surface area contributed by atoms with E-state index < -0.39 is 10.0 Å². The zero-order chi connectivity index (χ0) is 27.6. The van der Waals surface area contributed by atoms with Crippen LogP contribution in [0.25, 0.3) is 22.4 Å². The summed E-state index contributed by atoms with van der Waals surface area (Å²) < 4.78 is 35.3. The molecule has 11 heteroatoms. The topological polar surface area (TPSA) is 138 Å². The van der Waals surface area contributed by atoms with Crippen LogP contribution >= 0.6 is 0 Å². The molecule has 0 amide bonds. The van der Waals surface area contributed by atoms with Crippen LogP contribution in [0.4, 0.5) is 5.69 Å². The highest BCUT2D eigenvalue weighted by atomic mass is 32.2. The number of sulfonamides is 1. The zero-order valence-electron chi connectivity index (χ0n) is 22.9. The predicted octanol–water partition coefficient (Wildman–Crippen LogP) is 4.55. The third-order valence-electron chi connectivity index (χ3n) is 7.11. The van der Waals surface area contributed by atoms with E-state index in [0.29, 0.717) is 36.0 Å². The van der Waals surface area contributed by atoms with Crippen LogP contribution in [0.15, 0.2) is 51.8 Å². The SMILES string of the molecule is CNCCNc1ccc(-c2nc3ccc(S(=O)(=O)NC4CCC(c5nnc(C(C)(C)C)o5)CC4)cc3[nH]2)cc1. The van der Waals surface area contributed by atoms with Crippen molar-refractivity contribution in [2.24, 2.45) is 0 Å². The first-order chi connectivity index (χ1) is 18.6. The van der Waals surface area contributed by atoms with Gasteiger partial charge in [0.1, 0.15) is 5.82 Å². The van der Waals surface area contributed by atoms with Gasteiger partial charge >= 0.3 is 0 Å². The number of imidazole rings is 1. The van der Waals surface area contributed by atoms with Crippen molar-refractivity contribution in [1.29, 1.82) is 0 Å². The summed E-state index contributed by atoms with van der Waals surface area (Å²) in [4.78, 5) is 8.16. The van der Waals surface area contributed by atoms with E-state index in [2.05, 4.69) is 35.5 Å².